The van der Waals surface area contributed by atoms with E-state index < -0.39 is 0 Å². The van der Waals surface area contributed by atoms with Gasteiger partial charge in [0.15, 0.2) is 0 Å². The molecule has 0 spiro atoms. The summed E-state index contributed by atoms with van der Waals surface area (Å²) in [6.45, 7) is 8.17. The van der Waals surface area contributed by atoms with Crippen molar-refractivity contribution < 1.29 is 9.47 Å². The first-order chi connectivity index (χ1) is 21.4. The van der Waals surface area contributed by atoms with E-state index in [0.29, 0.717) is 0 Å². The van der Waals surface area contributed by atoms with E-state index in [1.807, 2.05) is 0 Å². The lowest BCUT2D eigenvalue weighted by Gasteiger charge is -2.20. The molecule has 0 aromatic rings. The molecule has 0 aromatic carbocycles. The van der Waals surface area contributed by atoms with E-state index in [9.17, 15) is 0 Å². The summed E-state index contributed by atoms with van der Waals surface area (Å²) in [7, 11) is 0. The highest BCUT2D eigenvalue weighted by molar-refractivity contribution is 4.93. The van der Waals surface area contributed by atoms with Crippen molar-refractivity contribution in [2.45, 2.75) is 180 Å². The third-order valence-corrected chi connectivity index (χ3v) is 8.46. The summed E-state index contributed by atoms with van der Waals surface area (Å²) in [6, 6.07) is 0. The Labute approximate surface area is 269 Å². The van der Waals surface area contributed by atoms with Gasteiger partial charge in [0.25, 0.3) is 0 Å². The molecule has 1 saturated heterocycles. The average molecular weight is 600 g/mol. The van der Waals surface area contributed by atoms with Crippen molar-refractivity contribution in [3.05, 3.63) is 48.6 Å². The lowest BCUT2D eigenvalue weighted by Crippen LogP contribution is -2.30. The fourth-order valence-corrected chi connectivity index (χ4v) is 5.61. The molecular formula is C40H73NO2. The number of allylic oxidation sites excluding steroid dienone is 8. The number of hydrogen-bond acceptors (Lipinski definition) is 3. The predicted octanol–water partition coefficient (Wildman–Crippen LogP) is 12.0. The molecule has 0 aromatic heterocycles. The van der Waals surface area contributed by atoms with E-state index in [1.54, 1.807) is 0 Å². The minimum absolute atomic E-state index is 0.238. The minimum Gasteiger partial charge on any atom is -0.374 e. The summed E-state index contributed by atoms with van der Waals surface area (Å²) in [4.78, 5) is 0. The molecule has 43 heavy (non-hydrogen) atoms. The minimum atomic E-state index is 0.238. The highest BCUT2D eigenvalue weighted by atomic mass is 16.5. The zero-order chi connectivity index (χ0) is 30.7. The van der Waals surface area contributed by atoms with Gasteiger partial charge in [-0.25, -0.2) is 0 Å². The molecule has 3 nitrogen and oxygen atoms in total. The second kappa shape index (κ2) is 33.7. The average Bonchev–Trinajstić information content (AvgIpc) is 3.47. The Balaban J connectivity index is 1.85. The zero-order valence-electron chi connectivity index (χ0n) is 28.9. The lowest BCUT2D eigenvalue weighted by molar-refractivity contribution is -0.0481. The van der Waals surface area contributed by atoms with Crippen LogP contribution in [-0.2, 0) is 9.47 Å². The van der Waals surface area contributed by atoms with Crippen LogP contribution in [0.15, 0.2) is 48.6 Å². The third kappa shape index (κ3) is 28.1. The molecule has 2 atom stereocenters. The molecular weight excluding hydrogens is 526 g/mol. The van der Waals surface area contributed by atoms with Crippen LogP contribution in [0.5, 0.6) is 0 Å². The molecule has 0 saturated carbocycles. The van der Waals surface area contributed by atoms with E-state index in [0.717, 1.165) is 39.1 Å². The number of ether oxygens (including phenoxy) is 2. The van der Waals surface area contributed by atoms with Crippen molar-refractivity contribution in [1.82, 2.24) is 5.32 Å². The third-order valence-electron chi connectivity index (χ3n) is 8.46. The van der Waals surface area contributed by atoms with Gasteiger partial charge in [-0.3, -0.25) is 0 Å². The van der Waals surface area contributed by atoms with Crippen LogP contribution in [-0.4, -0.2) is 38.5 Å². The van der Waals surface area contributed by atoms with Gasteiger partial charge in [-0.2, -0.15) is 0 Å². The summed E-state index contributed by atoms with van der Waals surface area (Å²) in [5.41, 5.74) is 0. The molecule has 1 aliphatic rings. The van der Waals surface area contributed by atoms with Crippen molar-refractivity contribution in [1.29, 1.82) is 0 Å². The summed E-state index contributed by atoms with van der Waals surface area (Å²) in [5, 5.41) is 3.47. The van der Waals surface area contributed by atoms with Crippen molar-refractivity contribution in [2.75, 3.05) is 26.3 Å². The lowest BCUT2D eigenvalue weighted by atomic mass is 10.1. The fraction of sp³-hybridized carbons (Fsp3) is 0.800. The molecule has 0 unspecified atom stereocenters. The molecule has 1 rings (SSSR count). The molecule has 250 valence electrons. The molecule has 1 N–H and O–H groups in total. The van der Waals surface area contributed by atoms with Crippen molar-refractivity contribution in [3.8, 4) is 0 Å². The Morgan fingerprint density at radius 2 is 0.744 bits per heavy atom. The standard InChI is InChI=1S/C40H73NO2/c1-3-5-7-9-11-13-15-17-19-21-23-25-27-29-31-33-35-42-39-37-41-38-40(39)43-36-34-32-30-28-26-24-22-20-18-16-14-12-10-8-6-4-2/h11-14,17-20,39-41H,3-10,15-16,21-38H2,1-2H3/t39-,40-/m0/s1. The van der Waals surface area contributed by atoms with Crippen LogP contribution in [0, 0.1) is 0 Å². The topological polar surface area (TPSA) is 30.5 Å². The SMILES string of the molecule is CCCCCC=CCC=CCCCCCCCCO[C@H]1CNC[C@@H]1OCCCCCCCCC=CCC=CCCCCC. The molecule has 0 amide bonds. The second-order valence-electron chi connectivity index (χ2n) is 12.6. The van der Waals surface area contributed by atoms with Gasteiger partial charge in [0, 0.05) is 26.3 Å². The number of unbranched alkanes of at least 4 members (excludes halogenated alkanes) is 18. The van der Waals surface area contributed by atoms with E-state index in [1.165, 1.54) is 141 Å². The maximum absolute atomic E-state index is 6.21. The van der Waals surface area contributed by atoms with E-state index in [4.69, 9.17) is 9.47 Å². The van der Waals surface area contributed by atoms with E-state index in [2.05, 4.69) is 67.8 Å². The van der Waals surface area contributed by atoms with Gasteiger partial charge in [-0.05, 0) is 77.0 Å². The second-order valence-corrected chi connectivity index (χ2v) is 12.6. The summed E-state index contributed by atoms with van der Waals surface area (Å²) < 4.78 is 12.4. The molecule has 0 radical (unpaired) electrons. The predicted molar refractivity (Wildman–Crippen MR) is 191 cm³/mol. The van der Waals surface area contributed by atoms with E-state index >= 15 is 0 Å². The van der Waals surface area contributed by atoms with Crippen LogP contribution < -0.4 is 5.32 Å². The van der Waals surface area contributed by atoms with Crippen LogP contribution >= 0.6 is 0 Å². The first-order valence-electron chi connectivity index (χ1n) is 18.9. The highest BCUT2D eigenvalue weighted by Crippen LogP contribution is 2.14. The van der Waals surface area contributed by atoms with Crippen LogP contribution in [0.3, 0.4) is 0 Å². The molecule has 0 bridgehead atoms. The van der Waals surface area contributed by atoms with Gasteiger partial charge in [-0.1, -0.05) is 140 Å². The highest BCUT2D eigenvalue weighted by Gasteiger charge is 2.28. The monoisotopic (exact) mass is 600 g/mol. The van der Waals surface area contributed by atoms with Gasteiger partial charge in [0.05, 0.1) is 12.2 Å². The van der Waals surface area contributed by atoms with Gasteiger partial charge in [0.1, 0.15) is 0 Å². The van der Waals surface area contributed by atoms with Crippen molar-refractivity contribution in [3.63, 3.8) is 0 Å². The van der Waals surface area contributed by atoms with Crippen molar-refractivity contribution in [2.24, 2.45) is 0 Å². The maximum atomic E-state index is 6.21. The molecule has 1 heterocycles. The van der Waals surface area contributed by atoms with Gasteiger partial charge < -0.3 is 14.8 Å². The van der Waals surface area contributed by atoms with Gasteiger partial charge >= 0.3 is 0 Å². The van der Waals surface area contributed by atoms with E-state index in [-0.39, 0.29) is 12.2 Å². The van der Waals surface area contributed by atoms with Gasteiger partial charge in [-0.15, -0.1) is 0 Å². The quantitative estimate of drug-likeness (QED) is 0.0616. The largest absolute Gasteiger partial charge is 0.374 e. The number of rotatable bonds is 32. The summed E-state index contributed by atoms with van der Waals surface area (Å²) in [5.74, 6) is 0. The summed E-state index contributed by atoms with van der Waals surface area (Å²) >= 11 is 0. The first kappa shape index (κ1) is 39.9. The maximum Gasteiger partial charge on any atom is 0.0973 e. The van der Waals surface area contributed by atoms with Crippen LogP contribution in [0.25, 0.3) is 0 Å². The normalized spacial score (nSPS) is 17.6. The van der Waals surface area contributed by atoms with Gasteiger partial charge in [0.2, 0.25) is 0 Å². The smallest absolute Gasteiger partial charge is 0.0973 e. The molecule has 0 aliphatic carbocycles. The molecule has 1 aliphatic heterocycles. The Morgan fingerprint density at radius 3 is 1.12 bits per heavy atom. The van der Waals surface area contributed by atoms with Crippen molar-refractivity contribution >= 4 is 0 Å². The Bertz CT molecular complexity index is 611. The Kier molecular flexibility index (Phi) is 31.3. The first-order valence-corrected chi connectivity index (χ1v) is 18.9. The molecule has 3 heteroatoms. The Hall–Kier alpha value is -1.16. The fourth-order valence-electron chi connectivity index (χ4n) is 5.61. The molecule has 1 fully saturated rings. The Morgan fingerprint density at radius 1 is 0.419 bits per heavy atom. The number of hydrogen-bond donors (Lipinski definition) is 1. The number of nitrogens with one attached hydrogen (secondary N) is 1. The zero-order valence-corrected chi connectivity index (χ0v) is 28.9. The van der Waals surface area contributed by atoms with Crippen LogP contribution in [0.2, 0.25) is 0 Å². The van der Waals surface area contributed by atoms with Crippen LogP contribution in [0.4, 0.5) is 0 Å². The van der Waals surface area contributed by atoms with Crippen LogP contribution in [0.1, 0.15) is 168 Å². The summed E-state index contributed by atoms with van der Waals surface area (Å²) in [6.07, 6.45) is 50.1.